The lowest BCUT2D eigenvalue weighted by Gasteiger charge is -2.24. The molecule has 0 spiro atoms. The molecule has 0 aromatic heterocycles. The van der Waals surface area contributed by atoms with Crippen LogP contribution in [0.1, 0.15) is 40.0 Å². The number of rotatable bonds is 3. The van der Waals surface area contributed by atoms with E-state index in [2.05, 4.69) is 17.5 Å². The van der Waals surface area contributed by atoms with Crippen molar-refractivity contribution in [3.05, 3.63) is 23.8 Å². The fourth-order valence-corrected chi connectivity index (χ4v) is 2.50. The lowest BCUT2D eigenvalue weighted by atomic mass is 10.1. The Morgan fingerprint density at radius 1 is 1.35 bits per heavy atom. The predicted octanol–water partition coefficient (Wildman–Crippen LogP) is 3.00. The van der Waals surface area contributed by atoms with Crippen LogP contribution in [0.25, 0.3) is 0 Å². The van der Waals surface area contributed by atoms with Crippen molar-refractivity contribution in [2.75, 3.05) is 19.7 Å². The Kier molecular flexibility index (Phi) is 5.69. The van der Waals surface area contributed by atoms with Gasteiger partial charge in [-0.15, -0.1) is 0 Å². The molecule has 1 heterocycles. The van der Waals surface area contributed by atoms with E-state index >= 15 is 0 Å². The average molecular weight is 322 g/mol. The van der Waals surface area contributed by atoms with Crippen LogP contribution in [0.3, 0.4) is 0 Å². The molecule has 2 amide bonds. The normalized spacial score (nSPS) is 20.9. The van der Waals surface area contributed by atoms with E-state index in [4.69, 9.17) is 9.47 Å². The van der Waals surface area contributed by atoms with Crippen molar-refractivity contribution in [3.8, 4) is 0 Å². The Balaban J connectivity index is 1.70. The maximum atomic E-state index is 12.0. The minimum Gasteiger partial charge on any atom is -0.445 e. The molecule has 6 heteroatoms. The van der Waals surface area contributed by atoms with Crippen LogP contribution in [0.15, 0.2) is 23.8 Å². The highest BCUT2D eigenvalue weighted by Crippen LogP contribution is 2.15. The van der Waals surface area contributed by atoms with E-state index in [1.54, 1.807) is 4.90 Å². The van der Waals surface area contributed by atoms with Gasteiger partial charge in [0.15, 0.2) is 0 Å². The third-order valence-corrected chi connectivity index (χ3v) is 3.60. The lowest BCUT2D eigenvalue weighted by Crippen LogP contribution is -2.40. The number of nitrogens with one attached hydrogen (secondary N) is 1. The van der Waals surface area contributed by atoms with Crippen LogP contribution in [-0.4, -0.2) is 48.4 Å². The Bertz CT molecular complexity index is 505. The first-order chi connectivity index (χ1) is 10.8. The maximum Gasteiger partial charge on any atom is 0.410 e. The number of allylic oxidation sites excluding steroid dienone is 2. The number of carbonyl (C=O) groups excluding carboxylic acids is 2. The molecule has 0 bridgehead atoms. The smallest absolute Gasteiger partial charge is 0.410 e. The Hall–Kier alpha value is -1.98. The molecular formula is C17H26N2O4. The van der Waals surface area contributed by atoms with E-state index in [-0.39, 0.29) is 18.7 Å². The fraction of sp³-hybridized carbons (Fsp3) is 0.647. The van der Waals surface area contributed by atoms with Crippen LogP contribution in [0.5, 0.6) is 0 Å². The number of ether oxygens (including phenoxy) is 2. The van der Waals surface area contributed by atoms with E-state index < -0.39 is 11.7 Å². The summed E-state index contributed by atoms with van der Waals surface area (Å²) < 4.78 is 10.5. The van der Waals surface area contributed by atoms with Gasteiger partial charge in [0, 0.05) is 13.1 Å². The molecule has 1 aliphatic heterocycles. The van der Waals surface area contributed by atoms with Crippen molar-refractivity contribution in [2.45, 2.75) is 51.7 Å². The summed E-state index contributed by atoms with van der Waals surface area (Å²) in [5.41, 5.74) is 0.510. The third-order valence-electron chi connectivity index (χ3n) is 3.60. The molecule has 2 rings (SSSR count). The molecule has 0 aromatic rings. The molecule has 1 fully saturated rings. The molecule has 6 nitrogen and oxygen atoms in total. The SMILES string of the molecule is CC(C)(C)OC(=O)N1CC[C@H](NC(=O)OCC2=CCCC=C2)C1. The second-order valence-corrected chi connectivity index (χ2v) is 6.89. The number of likely N-dealkylation sites (tertiary alicyclic amines) is 1. The van der Waals surface area contributed by atoms with Gasteiger partial charge in [-0.1, -0.05) is 18.2 Å². The maximum absolute atomic E-state index is 12.0. The molecule has 0 saturated carbocycles. The summed E-state index contributed by atoms with van der Waals surface area (Å²) >= 11 is 0. The van der Waals surface area contributed by atoms with Gasteiger partial charge in [0.2, 0.25) is 0 Å². The molecule has 0 radical (unpaired) electrons. The van der Waals surface area contributed by atoms with E-state index in [1.165, 1.54) is 0 Å². The highest BCUT2D eigenvalue weighted by molar-refractivity contribution is 5.70. The van der Waals surface area contributed by atoms with Gasteiger partial charge in [0.1, 0.15) is 12.2 Å². The van der Waals surface area contributed by atoms with Gasteiger partial charge >= 0.3 is 12.2 Å². The van der Waals surface area contributed by atoms with Crippen molar-refractivity contribution in [2.24, 2.45) is 0 Å². The molecule has 1 atom stereocenters. The number of hydrogen-bond donors (Lipinski definition) is 1. The topological polar surface area (TPSA) is 67.9 Å². The molecule has 0 aromatic carbocycles. The summed E-state index contributed by atoms with van der Waals surface area (Å²) in [6.07, 6.45) is 8.09. The Morgan fingerprint density at radius 3 is 2.78 bits per heavy atom. The molecule has 1 N–H and O–H groups in total. The lowest BCUT2D eigenvalue weighted by molar-refractivity contribution is 0.0290. The molecule has 1 saturated heterocycles. The van der Waals surface area contributed by atoms with Crippen molar-refractivity contribution in [1.82, 2.24) is 10.2 Å². The zero-order chi connectivity index (χ0) is 16.9. The van der Waals surface area contributed by atoms with E-state index in [0.29, 0.717) is 19.5 Å². The highest BCUT2D eigenvalue weighted by Gasteiger charge is 2.30. The summed E-state index contributed by atoms with van der Waals surface area (Å²) in [6.45, 7) is 6.82. The van der Waals surface area contributed by atoms with Crippen molar-refractivity contribution in [3.63, 3.8) is 0 Å². The zero-order valence-electron chi connectivity index (χ0n) is 14.1. The van der Waals surface area contributed by atoms with Gasteiger partial charge in [0.25, 0.3) is 0 Å². The average Bonchev–Trinajstić information content (AvgIpc) is 2.93. The summed E-state index contributed by atoms with van der Waals surface area (Å²) in [5, 5.41) is 2.80. The minimum absolute atomic E-state index is 0.0918. The second-order valence-electron chi connectivity index (χ2n) is 6.89. The second kappa shape index (κ2) is 7.53. The fourth-order valence-electron chi connectivity index (χ4n) is 2.50. The van der Waals surface area contributed by atoms with Crippen LogP contribution in [-0.2, 0) is 9.47 Å². The first-order valence-corrected chi connectivity index (χ1v) is 8.10. The molecular weight excluding hydrogens is 296 g/mol. The van der Waals surface area contributed by atoms with Gasteiger partial charge in [-0.25, -0.2) is 9.59 Å². The standard InChI is InChI=1S/C17H26N2O4/c1-17(2,3)23-16(21)19-10-9-14(11-19)18-15(20)22-12-13-7-5-4-6-8-13/h5,7-8,14H,4,6,9-12H2,1-3H3,(H,18,20)/t14-/m0/s1. The zero-order valence-corrected chi connectivity index (χ0v) is 14.1. The number of nitrogens with zero attached hydrogens (tertiary/aromatic N) is 1. The number of hydrogen-bond acceptors (Lipinski definition) is 4. The molecule has 2 aliphatic rings. The van der Waals surface area contributed by atoms with Gasteiger partial charge in [-0.2, -0.15) is 0 Å². The third kappa shape index (κ3) is 5.96. The Morgan fingerprint density at radius 2 is 2.13 bits per heavy atom. The molecule has 1 aliphatic carbocycles. The van der Waals surface area contributed by atoms with Crippen molar-refractivity contribution >= 4 is 12.2 Å². The summed E-state index contributed by atoms with van der Waals surface area (Å²) in [7, 11) is 0. The predicted molar refractivity (Wildman–Crippen MR) is 87.2 cm³/mol. The first-order valence-electron chi connectivity index (χ1n) is 8.10. The minimum atomic E-state index is -0.511. The monoisotopic (exact) mass is 322 g/mol. The van der Waals surface area contributed by atoms with E-state index in [9.17, 15) is 9.59 Å². The number of carbonyl (C=O) groups is 2. The van der Waals surface area contributed by atoms with Gasteiger partial charge in [-0.05, 0) is 45.6 Å². The van der Waals surface area contributed by atoms with Crippen LogP contribution < -0.4 is 5.32 Å². The summed E-state index contributed by atoms with van der Waals surface area (Å²) in [4.78, 5) is 25.4. The van der Waals surface area contributed by atoms with E-state index in [0.717, 1.165) is 18.4 Å². The highest BCUT2D eigenvalue weighted by atomic mass is 16.6. The van der Waals surface area contributed by atoms with Crippen LogP contribution in [0, 0.1) is 0 Å². The molecule has 0 unspecified atom stereocenters. The molecule has 128 valence electrons. The van der Waals surface area contributed by atoms with Gasteiger partial charge < -0.3 is 19.7 Å². The largest absolute Gasteiger partial charge is 0.445 e. The van der Waals surface area contributed by atoms with Crippen molar-refractivity contribution in [1.29, 1.82) is 0 Å². The van der Waals surface area contributed by atoms with E-state index in [1.807, 2.05) is 26.8 Å². The van der Waals surface area contributed by atoms with Gasteiger partial charge in [0.05, 0.1) is 6.04 Å². The van der Waals surface area contributed by atoms with Crippen LogP contribution in [0.2, 0.25) is 0 Å². The quantitative estimate of drug-likeness (QED) is 0.867. The van der Waals surface area contributed by atoms with Crippen LogP contribution in [0.4, 0.5) is 9.59 Å². The summed E-state index contributed by atoms with van der Waals surface area (Å²) in [5.74, 6) is 0. The van der Waals surface area contributed by atoms with Crippen molar-refractivity contribution < 1.29 is 19.1 Å². The van der Waals surface area contributed by atoms with Crippen LogP contribution >= 0.6 is 0 Å². The summed E-state index contributed by atoms with van der Waals surface area (Å²) in [6, 6.07) is -0.0918. The number of amides is 2. The Labute approximate surface area is 137 Å². The molecule has 23 heavy (non-hydrogen) atoms. The number of alkyl carbamates (subject to hydrolysis) is 1. The van der Waals surface area contributed by atoms with Gasteiger partial charge in [-0.3, -0.25) is 0 Å². The first kappa shape index (κ1) is 17.4.